The maximum atomic E-state index is 5.53. The summed E-state index contributed by atoms with van der Waals surface area (Å²) in [4.78, 5) is 0. The molecule has 2 aliphatic rings. The molecule has 2 aliphatic carbocycles. The second-order valence-electron chi connectivity index (χ2n) is 4.66. The van der Waals surface area contributed by atoms with E-state index < -0.39 is 0 Å². The van der Waals surface area contributed by atoms with Crippen LogP contribution < -0.4 is 5.73 Å². The molecule has 1 aromatic heterocycles. The molecule has 3 rings (SSSR count). The number of anilines is 1. The zero-order valence-electron chi connectivity index (χ0n) is 8.19. The fourth-order valence-electron chi connectivity index (χ4n) is 3.16. The number of aromatic nitrogens is 2. The minimum atomic E-state index is 0.525. The number of nitrogens with two attached hydrogens (primary N) is 1. The molecule has 2 bridgehead atoms. The van der Waals surface area contributed by atoms with Gasteiger partial charge in [0.25, 0.3) is 0 Å². The highest BCUT2D eigenvalue weighted by Gasteiger charge is 2.40. The van der Waals surface area contributed by atoms with Gasteiger partial charge in [0.05, 0.1) is 5.69 Å². The summed E-state index contributed by atoms with van der Waals surface area (Å²) >= 11 is 0. The lowest BCUT2D eigenvalue weighted by Gasteiger charge is -2.20. The van der Waals surface area contributed by atoms with E-state index in [9.17, 15) is 0 Å². The fraction of sp³-hybridized carbons (Fsp3) is 0.636. The highest BCUT2D eigenvalue weighted by molar-refractivity contribution is 5.27. The van der Waals surface area contributed by atoms with Crippen molar-refractivity contribution in [1.82, 2.24) is 10.2 Å². The summed E-state index contributed by atoms with van der Waals surface area (Å²) in [6.45, 7) is 0. The van der Waals surface area contributed by atoms with Gasteiger partial charge in [0.15, 0.2) is 0 Å². The van der Waals surface area contributed by atoms with E-state index in [4.69, 9.17) is 5.73 Å². The maximum absolute atomic E-state index is 5.53. The number of fused-ring (bicyclic) bond motifs is 2. The molecule has 0 spiro atoms. The third-order valence-electron chi connectivity index (χ3n) is 3.82. The molecule has 0 aliphatic heterocycles. The number of hydrogen-bond acceptors (Lipinski definition) is 3. The van der Waals surface area contributed by atoms with Crippen LogP contribution in [0.1, 0.15) is 37.3 Å². The van der Waals surface area contributed by atoms with Gasteiger partial charge in [-0.15, -0.1) is 5.10 Å². The van der Waals surface area contributed by atoms with Gasteiger partial charge in [0.1, 0.15) is 5.82 Å². The highest BCUT2D eigenvalue weighted by atomic mass is 15.1. The first-order valence-corrected chi connectivity index (χ1v) is 5.42. The van der Waals surface area contributed by atoms with Crippen LogP contribution in [-0.2, 0) is 0 Å². The van der Waals surface area contributed by atoms with E-state index in [0.717, 1.165) is 17.5 Å². The van der Waals surface area contributed by atoms with Crippen LogP contribution in [0.25, 0.3) is 0 Å². The monoisotopic (exact) mass is 189 g/mol. The Bertz CT molecular complexity index is 333. The molecular formula is C11H15N3. The summed E-state index contributed by atoms with van der Waals surface area (Å²) in [6, 6.07) is 3.92. The highest BCUT2D eigenvalue weighted by Crippen LogP contribution is 2.52. The predicted octanol–water partition coefficient (Wildman–Crippen LogP) is 1.96. The van der Waals surface area contributed by atoms with Crippen molar-refractivity contribution < 1.29 is 0 Å². The molecule has 2 fully saturated rings. The van der Waals surface area contributed by atoms with Crippen LogP contribution >= 0.6 is 0 Å². The van der Waals surface area contributed by atoms with Crippen LogP contribution in [0.5, 0.6) is 0 Å². The molecule has 1 aromatic rings. The third kappa shape index (κ3) is 1.19. The minimum Gasteiger partial charge on any atom is -0.382 e. The maximum Gasteiger partial charge on any atom is 0.146 e. The van der Waals surface area contributed by atoms with Crippen molar-refractivity contribution in [3.8, 4) is 0 Å². The van der Waals surface area contributed by atoms with E-state index in [1.54, 1.807) is 0 Å². The third-order valence-corrected chi connectivity index (χ3v) is 3.82. The summed E-state index contributed by atoms with van der Waals surface area (Å²) in [5.41, 5.74) is 6.69. The first-order chi connectivity index (χ1) is 6.83. The van der Waals surface area contributed by atoms with Gasteiger partial charge >= 0.3 is 0 Å². The zero-order valence-corrected chi connectivity index (χ0v) is 8.19. The quantitative estimate of drug-likeness (QED) is 0.734. The molecule has 1 heterocycles. The molecule has 14 heavy (non-hydrogen) atoms. The van der Waals surface area contributed by atoms with Crippen molar-refractivity contribution in [3.05, 3.63) is 17.8 Å². The fourth-order valence-corrected chi connectivity index (χ4v) is 3.16. The van der Waals surface area contributed by atoms with Gasteiger partial charge in [-0.25, -0.2) is 0 Å². The lowest BCUT2D eigenvalue weighted by atomic mass is 9.86. The molecule has 2 saturated carbocycles. The smallest absolute Gasteiger partial charge is 0.146 e. The lowest BCUT2D eigenvalue weighted by molar-refractivity contribution is 0.411. The Kier molecular flexibility index (Phi) is 1.72. The first kappa shape index (κ1) is 8.21. The molecule has 2 N–H and O–H groups in total. The van der Waals surface area contributed by atoms with Crippen molar-refractivity contribution in [1.29, 1.82) is 0 Å². The van der Waals surface area contributed by atoms with Crippen LogP contribution in [0, 0.1) is 11.8 Å². The van der Waals surface area contributed by atoms with Gasteiger partial charge in [0.2, 0.25) is 0 Å². The molecule has 0 amide bonds. The Morgan fingerprint density at radius 2 is 2.07 bits per heavy atom. The van der Waals surface area contributed by atoms with Crippen LogP contribution in [-0.4, -0.2) is 10.2 Å². The summed E-state index contributed by atoms with van der Waals surface area (Å²) in [6.07, 6.45) is 5.56. The standard InChI is InChI=1S/C11H15N3/c12-11-4-3-10(13-14-11)9-6-7-1-2-8(9)5-7/h3-4,7-9H,1-2,5-6H2,(H2,12,14). The van der Waals surface area contributed by atoms with Crippen molar-refractivity contribution in [3.63, 3.8) is 0 Å². The molecule has 3 heteroatoms. The molecular weight excluding hydrogens is 174 g/mol. The number of nitrogen functional groups attached to an aromatic ring is 1. The van der Waals surface area contributed by atoms with Crippen molar-refractivity contribution in [2.75, 3.05) is 5.73 Å². The van der Waals surface area contributed by atoms with Gasteiger partial charge in [-0.1, -0.05) is 6.42 Å². The molecule has 0 radical (unpaired) electrons. The number of hydrogen-bond donors (Lipinski definition) is 1. The molecule has 0 aromatic carbocycles. The first-order valence-electron chi connectivity index (χ1n) is 5.42. The van der Waals surface area contributed by atoms with E-state index in [1.165, 1.54) is 25.7 Å². The van der Waals surface area contributed by atoms with Crippen molar-refractivity contribution in [2.45, 2.75) is 31.6 Å². The molecule has 74 valence electrons. The number of rotatable bonds is 1. The van der Waals surface area contributed by atoms with Gasteiger partial charge in [-0.05, 0) is 43.2 Å². The summed E-state index contributed by atoms with van der Waals surface area (Å²) in [7, 11) is 0. The molecule has 3 unspecified atom stereocenters. The van der Waals surface area contributed by atoms with E-state index in [2.05, 4.69) is 10.2 Å². The summed E-state index contributed by atoms with van der Waals surface area (Å²) in [5, 5.41) is 8.14. The van der Waals surface area contributed by atoms with E-state index in [1.807, 2.05) is 12.1 Å². The largest absolute Gasteiger partial charge is 0.382 e. The molecule has 0 saturated heterocycles. The lowest BCUT2D eigenvalue weighted by Crippen LogP contribution is -2.11. The topological polar surface area (TPSA) is 51.8 Å². The average molecular weight is 189 g/mol. The minimum absolute atomic E-state index is 0.525. The Hall–Kier alpha value is -1.12. The molecule has 3 nitrogen and oxygen atoms in total. The van der Waals surface area contributed by atoms with Gasteiger partial charge < -0.3 is 5.73 Å². The Morgan fingerprint density at radius 3 is 2.64 bits per heavy atom. The summed E-state index contributed by atoms with van der Waals surface area (Å²) < 4.78 is 0. The van der Waals surface area contributed by atoms with E-state index >= 15 is 0 Å². The van der Waals surface area contributed by atoms with Gasteiger partial charge in [0, 0.05) is 5.92 Å². The average Bonchev–Trinajstić information content (AvgIpc) is 2.80. The Morgan fingerprint density at radius 1 is 1.14 bits per heavy atom. The van der Waals surface area contributed by atoms with Crippen LogP contribution in [0.4, 0.5) is 5.82 Å². The second-order valence-corrected chi connectivity index (χ2v) is 4.66. The summed E-state index contributed by atoms with van der Waals surface area (Å²) in [5.74, 6) is 3.03. The Balaban J connectivity index is 1.86. The molecule has 3 atom stereocenters. The van der Waals surface area contributed by atoms with Gasteiger partial charge in [-0.2, -0.15) is 5.10 Å². The van der Waals surface area contributed by atoms with E-state index in [-0.39, 0.29) is 0 Å². The van der Waals surface area contributed by atoms with Crippen LogP contribution in [0.3, 0.4) is 0 Å². The second kappa shape index (κ2) is 2.94. The van der Waals surface area contributed by atoms with Crippen molar-refractivity contribution >= 4 is 5.82 Å². The van der Waals surface area contributed by atoms with E-state index in [0.29, 0.717) is 11.7 Å². The van der Waals surface area contributed by atoms with Gasteiger partial charge in [-0.3, -0.25) is 0 Å². The van der Waals surface area contributed by atoms with Crippen molar-refractivity contribution in [2.24, 2.45) is 11.8 Å². The zero-order chi connectivity index (χ0) is 9.54. The van der Waals surface area contributed by atoms with Crippen LogP contribution in [0.2, 0.25) is 0 Å². The Labute approximate surface area is 83.7 Å². The van der Waals surface area contributed by atoms with Crippen LogP contribution in [0.15, 0.2) is 12.1 Å². The predicted molar refractivity (Wildman–Crippen MR) is 54.6 cm³/mol. The SMILES string of the molecule is Nc1ccc(C2CC3CCC2C3)nn1. The number of nitrogens with zero attached hydrogens (tertiary/aromatic N) is 2. The normalized spacial score (nSPS) is 35.0.